The average molecular weight is 311 g/mol. The maximum atomic E-state index is 13.1. The van der Waals surface area contributed by atoms with E-state index >= 15 is 0 Å². The summed E-state index contributed by atoms with van der Waals surface area (Å²) < 4.78 is 24.9. The third kappa shape index (κ3) is 3.98. The Morgan fingerprint density at radius 2 is 2.10 bits per heavy atom. The fourth-order valence-electron chi connectivity index (χ4n) is 2.02. The number of fused-ring (bicyclic) bond motifs is 1. The monoisotopic (exact) mass is 311 g/mol. The maximum absolute atomic E-state index is 13.1. The van der Waals surface area contributed by atoms with Gasteiger partial charge in [0.1, 0.15) is 18.2 Å². The summed E-state index contributed by atoms with van der Waals surface area (Å²) in [6.45, 7) is 12.5. The van der Waals surface area contributed by atoms with E-state index in [0.717, 1.165) is 18.7 Å². The van der Waals surface area contributed by atoms with Gasteiger partial charge in [-0.15, -0.1) is 0 Å². The SMILES string of the molecule is CC(C)(C)[Si](C)(C)OCC[C@H]1COc2cc(F)ccc2N1. The van der Waals surface area contributed by atoms with Crippen molar-refractivity contribution in [2.24, 2.45) is 0 Å². The maximum Gasteiger partial charge on any atom is 0.191 e. The first-order chi connectivity index (χ1) is 9.69. The molecule has 1 aromatic carbocycles. The van der Waals surface area contributed by atoms with E-state index in [9.17, 15) is 4.39 Å². The molecular weight excluding hydrogens is 285 g/mol. The molecule has 0 radical (unpaired) electrons. The van der Waals surface area contributed by atoms with Crippen LogP contribution in [0.15, 0.2) is 18.2 Å². The molecule has 2 rings (SSSR count). The van der Waals surface area contributed by atoms with Gasteiger partial charge in [-0.3, -0.25) is 0 Å². The van der Waals surface area contributed by atoms with Gasteiger partial charge in [-0.2, -0.15) is 0 Å². The van der Waals surface area contributed by atoms with Crippen LogP contribution in [0.4, 0.5) is 10.1 Å². The second-order valence-corrected chi connectivity index (χ2v) is 12.0. The molecule has 21 heavy (non-hydrogen) atoms. The van der Waals surface area contributed by atoms with Crippen molar-refractivity contribution in [2.45, 2.75) is 51.4 Å². The lowest BCUT2D eigenvalue weighted by molar-refractivity contribution is 0.233. The summed E-state index contributed by atoms with van der Waals surface area (Å²) in [5.74, 6) is 0.326. The molecule has 118 valence electrons. The van der Waals surface area contributed by atoms with E-state index in [1.165, 1.54) is 12.1 Å². The number of rotatable bonds is 4. The molecule has 0 fully saturated rings. The number of ether oxygens (including phenoxy) is 1. The van der Waals surface area contributed by atoms with Gasteiger partial charge in [0.2, 0.25) is 0 Å². The number of halogens is 1. The predicted octanol–water partition coefficient (Wildman–Crippen LogP) is 4.41. The summed E-state index contributed by atoms with van der Waals surface area (Å²) in [6, 6.07) is 4.81. The van der Waals surface area contributed by atoms with Gasteiger partial charge in [0.05, 0.1) is 11.7 Å². The minimum Gasteiger partial charge on any atom is -0.489 e. The fraction of sp³-hybridized carbons (Fsp3) is 0.625. The first-order valence-corrected chi connectivity index (χ1v) is 10.4. The Balaban J connectivity index is 1.85. The van der Waals surface area contributed by atoms with Crippen LogP contribution in [0.2, 0.25) is 18.1 Å². The number of hydrogen-bond donors (Lipinski definition) is 1. The van der Waals surface area contributed by atoms with Gasteiger partial charge < -0.3 is 14.5 Å². The highest BCUT2D eigenvalue weighted by atomic mass is 28.4. The summed E-state index contributed by atoms with van der Waals surface area (Å²) in [5, 5.41) is 3.62. The zero-order valence-electron chi connectivity index (χ0n) is 13.6. The molecule has 0 saturated heterocycles. The lowest BCUT2D eigenvalue weighted by atomic mass is 10.1. The van der Waals surface area contributed by atoms with Crippen molar-refractivity contribution in [3.8, 4) is 5.75 Å². The first kappa shape index (κ1) is 16.3. The van der Waals surface area contributed by atoms with Crippen LogP contribution in [0.1, 0.15) is 27.2 Å². The molecule has 0 aromatic heterocycles. The summed E-state index contributed by atoms with van der Waals surface area (Å²) in [5.41, 5.74) is 0.861. The Morgan fingerprint density at radius 3 is 2.76 bits per heavy atom. The van der Waals surface area contributed by atoms with Crippen molar-refractivity contribution in [1.82, 2.24) is 0 Å². The van der Waals surface area contributed by atoms with Gasteiger partial charge in [0, 0.05) is 12.7 Å². The van der Waals surface area contributed by atoms with Crippen molar-refractivity contribution < 1.29 is 13.6 Å². The van der Waals surface area contributed by atoms with Crippen LogP contribution in [-0.2, 0) is 4.43 Å². The smallest absolute Gasteiger partial charge is 0.191 e. The molecule has 0 aliphatic carbocycles. The fourth-order valence-corrected chi connectivity index (χ4v) is 3.08. The topological polar surface area (TPSA) is 30.5 Å². The third-order valence-electron chi connectivity index (χ3n) is 4.48. The average Bonchev–Trinajstić information content (AvgIpc) is 2.37. The van der Waals surface area contributed by atoms with Crippen LogP contribution in [0.3, 0.4) is 0 Å². The number of anilines is 1. The molecule has 5 heteroatoms. The van der Waals surface area contributed by atoms with Crippen molar-refractivity contribution in [1.29, 1.82) is 0 Å². The van der Waals surface area contributed by atoms with Gasteiger partial charge >= 0.3 is 0 Å². The standard InChI is InChI=1S/C16H26FNO2Si/c1-16(2,3)21(4,5)20-9-8-13-11-19-15-10-12(17)6-7-14(15)18-13/h6-7,10,13,18H,8-9,11H2,1-5H3/t13-/m0/s1. The van der Waals surface area contributed by atoms with Crippen molar-refractivity contribution in [3.05, 3.63) is 24.0 Å². The van der Waals surface area contributed by atoms with E-state index < -0.39 is 8.32 Å². The normalized spacial score (nSPS) is 18.7. The molecule has 3 nitrogen and oxygen atoms in total. The quantitative estimate of drug-likeness (QED) is 0.835. The molecule has 1 N–H and O–H groups in total. The second-order valence-electron chi connectivity index (χ2n) is 7.19. The Labute approximate surface area is 128 Å². The molecule has 0 amide bonds. The highest BCUT2D eigenvalue weighted by Crippen LogP contribution is 2.37. The minimum atomic E-state index is -1.69. The van der Waals surface area contributed by atoms with E-state index in [2.05, 4.69) is 39.2 Å². The highest BCUT2D eigenvalue weighted by molar-refractivity contribution is 6.74. The Hall–Kier alpha value is -1.07. The third-order valence-corrected chi connectivity index (χ3v) is 9.02. The van der Waals surface area contributed by atoms with E-state index in [0.29, 0.717) is 12.4 Å². The lowest BCUT2D eigenvalue weighted by Crippen LogP contribution is -2.42. The number of nitrogens with one attached hydrogen (secondary N) is 1. The zero-order valence-corrected chi connectivity index (χ0v) is 14.6. The van der Waals surface area contributed by atoms with Crippen LogP contribution < -0.4 is 10.1 Å². The van der Waals surface area contributed by atoms with Crippen molar-refractivity contribution in [3.63, 3.8) is 0 Å². The summed E-state index contributed by atoms with van der Waals surface area (Å²) >= 11 is 0. The van der Waals surface area contributed by atoms with E-state index in [1.54, 1.807) is 6.07 Å². The van der Waals surface area contributed by atoms with Crippen LogP contribution in [0.25, 0.3) is 0 Å². The molecule has 0 bridgehead atoms. The summed E-state index contributed by atoms with van der Waals surface area (Å²) in [6.07, 6.45) is 0.892. The Kier molecular flexibility index (Phi) is 4.63. The molecule has 0 spiro atoms. The molecule has 1 aliphatic rings. The lowest BCUT2D eigenvalue weighted by Gasteiger charge is -2.37. The molecule has 1 aromatic rings. The molecular formula is C16H26FNO2Si. The number of benzene rings is 1. The first-order valence-electron chi connectivity index (χ1n) is 7.52. The van der Waals surface area contributed by atoms with Crippen LogP contribution in [0.5, 0.6) is 5.75 Å². The Morgan fingerprint density at radius 1 is 1.38 bits per heavy atom. The van der Waals surface area contributed by atoms with Gasteiger partial charge in [-0.1, -0.05) is 20.8 Å². The predicted molar refractivity (Wildman–Crippen MR) is 87.1 cm³/mol. The van der Waals surface area contributed by atoms with Gasteiger partial charge in [0.25, 0.3) is 0 Å². The number of hydrogen-bond acceptors (Lipinski definition) is 3. The van der Waals surface area contributed by atoms with E-state index in [-0.39, 0.29) is 16.9 Å². The Bertz CT molecular complexity index is 500. The largest absolute Gasteiger partial charge is 0.489 e. The van der Waals surface area contributed by atoms with Crippen molar-refractivity contribution >= 4 is 14.0 Å². The molecule has 0 saturated carbocycles. The molecule has 1 atom stereocenters. The molecule has 1 heterocycles. The van der Waals surface area contributed by atoms with Gasteiger partial charge in [-0.25, -0.2) is 4.39 Å². The second kappa shape index (κ2) is 5.97. The highest BCUT2D eigenvalue weighted by Gasteiger charge is 2.37. The zero-order chi connectivity index (χ0) is 15.7. The van der Waals surface area contributed by atoms with Crippen molar-refractivity contribution in [2.75, 3.05) is 18.5 Å². The van der Waals surface area contributed by atoms with E-state index in [4.69, 9.17) is 9.16 Å². The van der Waals surface area contributed by atoms with Crippen LogP contribution in [-0.4, -0.2) is 27.6 Å². The molecule has 1 aliphatic heterocycles. The van der Waals surface area contributed by atoms with Crippen LogP contribution in [0, 0.1) is 5.82 Å². The minimum absolute atomic E-state index is 0.215. The van der Waals surface area contributed by atoms with Crippen LogP contribution >= 0.6 is 0 Å². The summed E-state index contributed by atoms with van der Waals surface area (Å²) in [4.78, 5) is 0. The van der Waals surface area contributed by atoms with Gasteiger partial charge in [-0.05, 0) is 36.7 Å². The van der Waals surface area contributed by atoms with E-state index in [1.807, 2.05) is 0 Å². The van der Waals surface area contributed by atoms with Gasteiger partial charge in [0.15, 0.2) is 8.32 Å². The molecule has 0 unspecified atom stereocenters. The summed E-state index contributed by atoms with van der Waals surface area (Å²) in [7, 11) is -1.69.